The second-order valence-corrected chi connectivity index (χ2v) is 10.6. The molecule has 5 rings (SSSR count). The highest BCUT2D eigenvalue weighted by Gasteiger charge is 2.39. The van der Waals surface area contributed by atoms with E-state index < -0.39 is 10.0 Å². The third-order valence-corrected chi connectivity index (χ3v) is 8.99. The quantitative estimate of drug-likeness (QED) is 0.660. The fourth-order valence-corrected chi connectivity index (χ4v) is 6.61. The van der Waals surface area contributed by atoms with Crippen LogP contribution < -0.4 is 5.32 Å². The lowest BCUT2D eigenvalue weighted by atomic mass is 9.77. The molecular weight excluding hydrogens is 443 g/mol. The molecule has 2 aromatic carbocycles. The Labute approximate surface area is 186 Å². The van der Waals surface area contributed by atoms with Crippen molar-refractivity contribution in [3.63, 3.8) is 0 Å². The standard InChI is InChI=1S/C22H22Cl2N2O3S/c23-19-6-2-5-17(21(19)24)22-16-4-1-3-15(16)18-13-14(7-8-20(18)25-22)30(27,28)26-9-11-29-12-10-26/h1-3,5-8,13,15-16,22,25H,4,9-12H2. The van der Waals surface area contributed by atoms with Crippen molar-refractivity contribution < 1.29 is 13.2 Å². The molecule has 0 bridgehead atoms. The Morgan fingerprint density at radius 2 is 1.87 bits per heavy atom. The lowest BCUT2D eigenvalue weighted by Gasteiger charge is -2.38. The smallest absolute Gasteiger partial charge is 0.243 e. The number of fused-ring (bicyclic) bond motifs is 3. The molecule has 1 N–H and O–H groups in total. The summed E-state index contributed by atoms with van der Waals surface area (Å²) in [6.45, 7) is 1.64. The van der Waals surface area contributed by atoms with E-state index in [-0.39, 0.29) is 17.9 Å². The molecule has 0 radical (unpaired) electrons. The number of rotatable bonds is 3. The fraction of sp³-hybridized carbons (Fsp3) is 0.364. The van der Waals surface area contributed by atoms with Crippen molar-refractivity contribution in [3.05, 3.63) is 69.7 Å². The first kappa shape index (κ1) is 20.3. The predicted molar refractivity (Wildman–Crippen MR) is 119 cm³/mol. The van der Waals surface area contributed by atoms with Gasteiger partial charge in [0.15, 0.2) is 0 Å². The highest BCUT2D eigenvalue weighted by Crippen LogP contribution is 2.51. The van der Waals surface area contributed by atoms with Gasteiger partial charge in [0.1, 0.15) is 0 Å². The van der Waals surface area contributed by atoms with Crippen LogP contribution in [0.4, 0.5) is 5.69 Å². The molecule has 8 heteroatoms. The average molecular weight is 465 g/mol. The molecule has 0 spiro atoms. The zero-order valence-electron chi connectivity index (χ0n) is 16.2. The summed E-state index contributed by atoms with van der Waals surface area (Å²) in [5, 5.41) is 4.70. The highest BCUT2D eigenvalue weighted by molar-refractivity contribution is 7.89. The zero-order chi connectivity index (χ0) is 20.9. The number of anilines is 1. The Balaban J connectivity index is 1.53. The Hall–Kier alpha value is -1.57. The van der Waals surface area contributed by atoms with Gasteiger partial charge in [-0.05, 0) is 47.7 Å². The Bertz CT molecular complexity index is 1110. The highest BCUT2D eigenvalue weighted by atomic mass is 35.5. The van der Waals surface area contributed by atoms with E-state index >= 15 is 0 Å². The number of benzene rings is 2. The Kier molecular flexibility index (Phi) is 5.32. The maximum absolute atomic E-state index is 13.1. The lowest BCUT2D eigenvalue weighted by molar-refractivity contribution is 0.0730. The minimum atomic E-state index is -3.54. The number of hydrogen-bond acceptors (Lipinski definition) is 4. The number of morpholine rings is 1. The summed E-state index contributed by atoms with van der Waals surface area (Å²) < 4.78 is 33.1. The second kappa shape index (κ2) is 7.84. The van der Waals surface area contributed by atoms with Crippen LogP contribution in [-0.4, -0.2) is 39.0 Å². The predicted octanol–water partition coefficient (Wildman–Crippen LogP) is 4.84. The van der Waals surface area contributed by atoms with Gasteiger partial charge in [-0.15, -0.1) is 0 Å². The lowest BCUT2D eigenvalue weighted by Crippen LogP contribution is -2.40. The molecule has 5 nitrogen and oxygen atoms in total. The van der Waals surface area contributed by atoms with E-state index in [1.807, 2.05) is 24.3 Å². The van der Waals surface area contributed by atoms with Gasteiger partial charge >= 0.3 is 0 Å². The van der Waals surface area contributed by atoms with Gasteiger partial charge in [-0.2, -0.15) is 4.31 Å². The van der Waals surface area contributed by atoms with Gasteiger partial charge in [-0.3, -0.25) is 0 Å². The van der Waals surface area contributed by atoms with Crippen LogP contribution in [0.2, 0.25) is 10.0 Å². The summed E-state index contributed by atoms with van der Waals surface area (Å²) in [6, 6.07) is 11.1. The molecule has 1 saturated heterocycles. The SMILES string of the molecule is O=S(=O)(c1ccc2c(c1)C1C=CCC1C(c1cccc(Cl)c1Cl)N2)N1CCOCC1. The van der Waals surface area contributed by atoms with Crippen LogP contribution >= 0.6 is 23.2 Å². The zero-order valence-corrected chi connectivity index (χ0v) is 18.6. The number of allylic oxidation sites excluding steroid dienone is 2. The summed E-state index contributed by atoms with van der Waals surface area (Å²) in [4.78, 5) is 0.336. The van der Waals surface area contributed by atoms with Crippen molar-refractivity contribution in [2.45, 2.75) is 23.3 Å². The second-order valence-electron chi connectivity index (χ2n) is 7.88. The summed E-state index contributed by atoms with van der Waals surface area (Å²) in [5.41, 5.74) is 2.92. The number of halogens is 2. The van der Waals surface area contributed by atoms with Crippen molar-refractivity contribution in [1.29, 1.82) is 0 Å². The topological polar surface area (TPSA) is 58.6 Å². The molecule has 2 aromatic rings. The maximum Gasteiger partial charge on any atom is 0.243 e. The van der Waals surface area contributed by atoms with Gasteiger partial charge < -0.3 is 10.1 Å². The van der Waals surface area contributed by atoms with E-state index in [2.05, 4.69) is 17.5 Å². The number of nitrogens with one attached hydrogen (secondary N) is 1. The third kappa shape index (κ3) is 3.35. The summed E-state index contributed by atoms with van der Waals surface area (Å²) >= 11 is 12.8. The molecule has 3 aliphatic rings. The molecule has 30 heavy (non-hydrogen) atoms. The summed E-state index contributed by atoms with van der Waals surface area (Å²) in [6.07, 6.45) is 5.24. The van der Waals surface area contributed by atoms with Gasteiger partial charge in [-0.25, -0.2) is 8.42 Å². The molecule has 1 aliphatic carbocycles. The van der Waals surface area contributed by atoms with Crippen LogP contribution in [0.3, 0.4) is 0 Å². The van der Waals surface area contributed by atoms with Crippen LogP contribution in [0.25, 0.3) is 0 Å². The molecular formula is C22H22Cl2N2O3S. The molecule has 2 aliphatic heterocycles. The van der Waals surface area contributed by atoms with E-state index in [9.17, 15) is 8.42 Å². The normalized spacial score (nSPS) is 26.1. The van der Waals surface area contributed by atoms with E-state index in [1.54, 1.807) is 12.1 Å². The first-order valence-electron chi connectivity index (χ1n) is 10.1. The van der Waals surface area contributed by atoms with Crippen LogP contribution in [-0.2, 0) is 14.8 Å². The molecule has 3 atom stereocenters. The molecule has 3 unspecified atom stereocenters. The van der Waals surface area contributed by atoms with Crippen LogP contribution in [0.15, 0.2) is 53.4 Å². The largest absolute Gasteiger partial charge is 0.379 e. The first-order valence-corrected chi connectivity index (χ1v) is 12.3. The van der Waals surface area contributed by atoms with Gasteiger partial charge in [0, 0.05) is 24.7 Å². The van der Waals surface area contributed by atoms with E-state index in [0.717, 1.165) is 23.2 Å². The Morgan fingerprint density at radius 1 is 1.07 bits per heavy atom. The number of ether oxygens (including phenoxy) is 1. The van der Waals surface area contributed by atoms with Gasteiger partial charge in [-0.1, -0.05) is 47.5 Å². The van der Waals surface area contributed by atoms with E-state index in [4.69, 9.17) is 27.9 Å². The molecule has 158 valence electrons. The van der Waals surface area contributed by atoms with Crippen molar-refractivity contribution >= 4 is 38.9 Å². The Morgan fingerprint density at radius 3 is 2.67 bits per heavy atom. The molecule has 0 amide bonds. The van der Waals surface area contributed by atoms with Crippen LogP contribution in [0.5, 0.6) is 0 Å². The van der Waals surface area contributed by atoms with Crippen LogP contribution in [0.1, 0.15) is 29.5 Å². The number of hydrogen-bond donors (Lipinski definition) is 1. The first-order chi connectivity index (χ1) is 14.5. The summed E-state index contributed by atoms with van der Waals surface area (Å²) in [7, 11) is -3.54. The molecule has 1 fully saturated rings. The van der Waals surface area contributed by atoms with Crippen molar-refractivity contribution in [2.75, 3.05) is 31.6 Å². The minimum Gasteiger partial charge on any atom is -0.379 e. The third-order valence-electron chi connectivity index (χ3n) is 6.26. The number of nitrogens with zero attached hydrogens (tertiary/aromatic N) is 1. The van der Waals surface area contributed by atoms with Crippen molar-refractivity contribution in [2.24, 2.45) is 5.92 Å². The minimum absolute atomic E-state index is 0.00500. The van der Waals surface area contributed by atoms with E-state index in [1.165, 1.54) is 4.31 Å². The van der Waals surface area contributed by atoms with Gasteiger partial charge in [0.2, 0.25) is 10.0 Å². The van der Waals surface area contributed by atoms with Crippen LogP contribution in [0, 0.1) is 5.92 Å². The molecule has 0 saturated carbocycles. The van der Waals surface area contributed by atoms with Gasteiger partial charge in [0.05, 0.1) is 34.2 Å². The molecule has 0 aromatic heterocycles. The monoisotopic (exact) mass is 464 g/mol. The van der Waals surface area contributed by atoms with Gasteiger partial charge in [0.25, 0.3) is 0 Å². The van der Waals surface area contributed by atoms with E-state index in [0.29, 0.717) is 41.2 Å². The summed E-state index contributed by atoms with van der Waals surface area (Å²) in [5.74, 6) is 0.371. The average Bonchev–Trinajstić information content (AvgIpc) is 3.26. The number of sulfonamides is 1. The molecule has 2 heterocycles. The van der Waals surface area contributed by atoms with Crippen molar-refractivity contribution in [3.8, 4) is 0 Å². The fourth-order valence-electron chi connectivity index (χ4n) is 4.74. The maximum atomic E-state index is 13.1. The van der Waals surface area contributed by atoms with Crippen molar-refractivity contribution in [1.82, 2.24) is 4.31 Å².